The van der Waals surface area contributed by atoms with E-state index in [0.29, 0.717) is 32.3 Å². The number of hydrogen-bond acceptors (Lipinski definition) is 7. The number of allylic oxidation sites excluding steroid dienone is 1. The first-order chi connectivity index (χ1) is 17.7. The Morgan fingerprint density at radius 3 is 2.54 bits per heavy atom. The molecule has 7 nitrogen and oxygen atoms in total. The second-order valence-corrected chi connectivity index (χ2v) is 10.8. The van der Waals surface area contributed by atoms with Gasteiger partial charge in [0, 0.05) is 17.1 Å². The van der Waals surface area contributed by atoms with Crippen LogP contribution < -0.4 is 19.6 Å². The van der Waals surface area contributed by atoms with Crippen LogP contribution in [-0.2, 0) is 14.3 Å². The van der Waals surface area contributed by atoms with Gasteiger partial charge < -0.3 is 14.2 Å². The van der Waals surface area contributed by atoms with Crippen LogP contribution in [0.1, 0.15) is 49.4 Å². The molecule has 1 aromatic heterocycles. The summed E-state index contributed by atoms with van der Waals surface area (Å²) in [5.74, 6) is 0.486. The number of fused-ring (bicyclic) bond motifs is 1. The molecule has 0 N–H and O–H groups in total. The molecule has 2 heterocycles. The van der Waals surface area contributed by atoms with Crippen molar-refractivity contribution in [3.8, 4) is 5.75 Å². The molecule has 0 spiro atoms. The highest BCUT2D eigenvalue weighted by atomic mass is 79.9. The number of rotatable bonds is 8. The van der Waals surface area contributed by atoms with Gasteiger partial charge in [-0.3, -0.25) is 9.36 Å². The summed E-state index contributed by atoms with van der Waals surface area (Å²) in [4.78, 5) is 32.2. The zero-order valence-electron chi connectivity index (χ0n) is 21.4. The SMILES string of the molecule is COCCOC(=O)C1=C(C)N=c2sc(=Cc3cc(Br)ccc3OC)c(=O)n2C1c1ccc(C(C)C)cc1. The molecule has 37 heavy (non-hydrogen) atoms. The van der Waals surface area contributed by atoms with Crippen molar-refractivity contribution in [3.63, 3.8) is 0 Å². The highest BCUT2D eigenvalue weighted by Crippen LogP contribution is 2.31. The number of carbonyl (C=O) groups excluding carboxylic acids is 1. The molecule has 0 fully saturated rings. The van der Waals surface area contributed by atoms with Crippen molar-refractivity contribution in [1.29, 1.82) is 0 Å². The van der Waals surface area contributed by atoms with Crippen LogP contribution in [0.2, 0.25) is 0 Å². The van der Waals surface area contributed by atoms with E-state index in [9.17, 15) is 9.59 Å². The Bertz CT molecular complexity index is 1520. The monoisotopic (exact) mass is 584 g/mol. The van der Waals surface area contributed by atoms with E-state index in [-0.39, 0.29) is 18.8 Å². The number of aromatic nitrogens is 1. The maximum atomic E-state index is 13.8. The van der Waals surface area contributed by atoms with Crippen LogP contribution in [0.25, 0.3) is 6.08 Å². The van der Waals surface area contributed by atoms with Gasteiger partial charge in [0.1, 0.15) is 12.4 Å². The first-order valence-corrected chi connectivity index (χ1v) is 13.5. The number of halogens is 1. The van der Waals surface area contributed by atoms with Crippen molar-refractivity contribution in [2.75, 3.05) is 27.4 Å². The van der Waals surface area contributed by atoms with Crippen LogP contribution in [0.15, 0.2) is 68.0 Å². The number of methoxy groups -OCH3 is 2. The molecule has 4 rings (SSSR count). The second-order valence-electron chi connectivity index (χ2n) is 8.92. The summed E-state index contributed by atoms with van der Waals surface area (Å²) in [5.41, 5.74) is 3.36. The lowest BCUT2D eigenvalue weighted by Crippen LogP contribution is -2.40. The molecule has 0 radical (unpaired) electrons. The maximum Gasteiger partial charge on any atom is 0.338 e. The fourth-order valence-electron chi connectivity index (χ4n) is 4.22. The third-order valence-electron chi connectivity index (χ3n) is 6.16. The molecular formula is C28H29BrN2O5S. The van der Waals surface area contributed by atoms with Crippen LogP contribution >= 0.6 is 27.3 Å². The van der Waals surface area contributed by atoms with Crippen LogP contribution in [0.4, 0.5) is 0 Å². The van der Waals surface area contributed by atoms with E-state index in [1.165, 1.54) is 16.9 Å². The van der Waals surface area contributed by atoms with Crippen molar-refractivity contribution in [2.45, 2.75) is 32.7 Å². The summed E-state index contributed by atoms with van der Waals surface area (Å²) in [6.07, 6.45) is 1.79. The molecule has 0 saturated heterocycles. The molecule has 3 aromatic rings. The van der Waals surface area contributed by atoms with Crippen LogP contribution in [0.5, 0.6) is 5.75 Å². The molecule has 194 valence electrons. The third-order valence-corrected chi connectivity index (χ3v) is 7.64. The lowest BCUT2D eigenvalue weighted by atomic mass is 9.93. The van der Waals surface area contributed by atoms with Crippen LogP contribution in [0, 0.1) is 0 Å². The van der Waals surface area contributed by atoms with E-state index in [2.05, 4.69) is 34.8 Å². The van der Waals surface area contributed by atoms with Gasteiger partial charge in [-0.15, -0.1) is 0 Å². The average molecular weight is 586 g/mol. The first kappa shape index (κ1) is 27.0. The number of benzene rings is 2. The minimum atomic E-state index is -0.668. The Balaban J connectivity index is 1.90. The fraction of sp³-hybridized carbons (Fsp3) is 0.321. The highest BCUT2D eigenvalue weighted by Gasteiger charge is 2.33. The summed E-state index contributed by atoms with van der Waals surface area (Å²) in [6, 6.07) is 12.9. The molecule has 1 aliphatic heterocycles. The van der Waals surface area contributed by atoms with Gasteiger partial charge in [-0.2, -0.15) is 0 Å². The van der Waals surface area contributed by atoms with Gasteiger partial charge >= 0.3 is 5.97 Å². The minimum Gasteiger partial charge on any atom is -0.496 e. The molecular weight excluding hydrogens is 556 g/mol. The Hall–Kier alpha value is -3.01. The molecule has 0 amide bonds. The van der Waals surface area contributed by atoms with Crippen LogP contribution in [0.3, 0.4) is 0 Å². The predicted molar refractivity (Wildman–Crippen MR) is 148 cm³/mol. The average Bonchev–Trinajstić information content (AvgIpc) is 3.17. The molecule has 1 aliphatic rings. The lowest BCUT2D eigenvalue weighted by molar-refractivity contribution is -0.140. The molecule has 0 bridgehead atoms. The first-order valence-electron chi connectivity index (χ1n) is 11.9. The van der Waals surface area contributed by atoms with E-state index < -0.39 is 12.0 Å². The van der Waals surface area contributed by atoms with Gasteiger partial charge in [0.2, 0.25) is 0 Å². The van der Waals surface area contributed by atoms with E-state index in [1.54, 1.807) is 31.8 Å². The van der Waals surface area contributed by atoms with Gasteiger partial charge in [0.25, 0.3) is 5.56 Å². The molecule has 0 saturated carbocycles. The molecule has 0 aliphatic carbocycles. The predicted octanol–water partition coefficient (Wildman–Crippen LogP) is 4.32. The zero-order chi connectivity index (χ0) is 26.7. The van der Waals surface area contributed by atoms with Gasteiger partial charge in [-0.25, -0.2) is 9.79 Å². The van der Waals surface area contributed by atoms with E-state index in [0.717, 1.165) is 15.6 Å². The third kappa shape index (κ3) is 5.63. The van der Waals surface area contributed by atoms with Gasteiger partial charge in [-0.1, -0.05) is 65.4 Å². The summed E-state index contributed by atoms with van der Waals surface area (Å²) in [5, 5.41) is 0. The van der Waals surface area contributed by atoms with E-state index in [1.807, 2.05) is 42.5 Å². The molecule has 1 atom stereocenters. The van der Waals surface area contributed by atoms with Gasteiger partial charge in [0.05, 0.1) is 35.6 Å². The largest absolute Gasteiger partial charge is 0.496 e. The highest BCUT2D eigenvalue weighted by molar-refractivity contribution is 9.10. The number of esters is 1. The normalized spacial score (nSPS) is 15.5. The van der Waals surface area contributed by atoms with Crippen molar-refractivity contribution >= 4 is 39.3 Å². The number of ether oxygens (including phenoxy) is 3. The molecule has 2 aromatic carbocycles. The topological polar surface area (TPSA) is 79.1 Å². The summed E-state index contributed by atoms with van der Waals surface area (Å²) in [6.45, 7) is 6.41. The number of thiazole rings is 1. The molecule has 1 unspecified atom stereocenters. The summed E-state index contributed by atoms with van der Waals surface area (Å²) < 4.78 is 18.9. The fourth-order valence-corrected chi connectivity index (χ4v) is 5.63. The summed E-state index contributed by atoms with van der Waals surface area (Å²) >= 11 is 4.77. The number of nitrogens with zero attached hydrogens (tertiary/aromatic N) is 2. The Morgan fingerprint density at radius 2 is 1.89 bits per heavy atom. The minimum absolute atomic E-state index is 0.109. The standard InChI is InChI=1S/C28H29BrN2O5S/c1-16(2)18-6-8-19(9-7-18)25-24(27(33)36-13-12-34-4)17(3)30-28-31(25)26(32)23(37-28)15-20-14-21(29)10-11-22(20)35-5/h6-11,14-16,25H,12-13H2,1-5H3. The number of carbonyl (C=O) groups is 1. The number of hydrogen-bond donors (Lipinski definition) is 0. The van der Waals surface area contributed by atoms with E-state index in [4.69, 9.17) is 14.2 Å². The lowest BCUT2D eigenvalue weighted by Gasteiger charge is -2.25. The Morgan fingerprint density at radius 1 is 1.16 bits per heavy atom. The van der Waals surface area contributed by atoms with Crippen molar-refractivity contribution in [3.05, 3.63) is 94.6 Å². The van der Waals surface area contributed by atoms with Crippen molar-refractivity contribution < 1.29 is 19.0 Å². The zero-order valence-corrected chi connectivity index (χ0v) is 23.8. The maximum absolute atomic E-state index is 13.8. The molecule has 9 heteroatoms. The van der Waals surface area contributed by atoms with Gasteiger partial charge in [-0.05, 0) is 48.2 Å². The smallest absolute Gasteiger partial charge is 0.338 e. The Labute approximate surface area is 227 Å². The van der Waals surface area contributed by atoms with Crippen LogP contribution in [-0.4, -0.2) is 38.0 Å². The quantitative estimate of drug-likeness (QED) is 0.291. The van der Waals surface area contributed by atoms with Gasteiger partial charge in [0.15, 0.2) is 4.80 Å². The van der Waals surface area contributed by atoms with Crippen molar-refractivity contribution in [2.24, 2.45) is 4.99 Å². The second kappa shape index (κ2) is 11.6. The van der Waals surface area contributed by atoms with Crippen molar-refractivity contribution in [1.82, 2.24) is 4.57 Å². The Kier molecular flexibility index (Phi) is 8.46. The van der Waals surface area contributed by atoms with E-state index >= 15 is 0 Å². The summed E-state index contributed by atoms with van der Waals surface area (Å²) in [7, 11) is 3.14.